The standard InChI is InChI=1S/C19H26N2OS/c1-13-4-6-19(7-5-13)11-21(12-19)10-14-8-15-2-3-17-18(16(15)9-14)22-20-23-17/h2-3,13-14,23H,4-12H2,1H3. The fraction of sp³-hybridized carbons (Fsp3) is 0.684. The fourth-order valence-corrected chi connectivity index (χ4v) is 5.86. The van der Waals surface area contributed by atoms with Crippen molar-refractivity contribution >= 4 is 11.6 Å². The van der Waals surface area contributed by atoms with E-state index >= 15 is 0 Å². The molecule has 1 saturated carbocycles. The maximum atomic E-state index is 5.53. The number of benzene rings is 1. The minimum Gasteiger partial charge on any atom is -0.349 e. The lowest BCUT2D eigenvalue weighted by atomic mass is 9.66. The van der Waals surface area contributed by atoms with Crippen LogP contribution in [0.1, 0.15) is 43.7 Å². The van der Waals surface area contributed by atoms with E-state index in [-0.39, 0.29) is 0 Å². The van der Waals surface area contributed by atoms with E-state index < -0.39 is 0 Å². The molecule has 1 unspecified atom stereocenters. The minimum absolute atomic E-state index is 0.695. The minimum atomic E-state index is 0.695. The first kappa shape index (κ1) is 14.5. The maximum absolute atomic E-state index is 5.53. The molecule has 23 heavy (non-hydrogen) atoms. The molecule has 1 saturated heterocycles. The van der Waals surface area contributed by atoms with Crippen LogP contribution in [0.5, 0.6) is 5.75 Å². The Morgan fingerprint density at radius 3 is 2.91 bits per heavy atom. The molecule has 5 rings (SSSR count). The van der Waals surface area contributed by atoms with Gasteiger partial charge in [-0.15, -0.1) is 0 Å². The van der Waals surface area contributed by atoms with Crippen molar-refractivity contribution < 1.29 is 4.84 Å². The van der Waals surface area contributed by atoms with Gasteiger partial charge in [-0.2, -0.15) is 0 Å². The zero-order valence-electron chi connectivity index (χ0n) is 13.9. The third kappa shape index (κ3) is 2.45. The number of fused-ring (bicyclic) bond motifs is 3. The highest BCUT2D eigenvalue weighted by Gasteiger charge is 2.45. The average Bonchev–Trinajstić information content (AvgIpc) is 3.13. The quantitative estimate of drug-likeness (QED) is 0.839. The van der Waals surface area contributed by atoms with Crippen molar-refractivity contribution in [1.29, 1.82) is 0 Å². The Balaban J connectivity index is 1.20. The zero-order valence-corrected chi connectivity index (χ0v) is 14.8. The summed E-state index contributed by atoms with van der Waals surface area (Å²) in [6, 6.07) is 4.52. The molecule has 0 radical (unpaired) electrons. The molecule has 0 amide bonds. The Morgan fingerprint density at radius 2 is 2.09 bits per heavy atom. The van der Waals surface area contributed by atoms with Crippen molar-refractivity contribution in [3.8, 4) is 5.75 Å². The van der Waals surface area contributed by atoms with E-state index in [2.05, 4.69) is 28.5 Å². The predicted octanol–water partition coefficient (Wildman–Crippen LogP) is 3.58. The Bertz CT molecular complexity index is 656. The zero-order chi connectivity index (χ0) is 15.4. The van der Waals surface area contributed by atoms with E-state index in [1.165, 1.54) is 74.2 Å². The molecular weight excluding hydrogens is 304 g/mol. The van der Waals surface area contributed by atoms with Crippen LogP contribution in [0.25, 0.3) is 0 Å². The van der Waals surface area contributed by atoms with Crippen molar-refractivity contribution in [1.82, 2.24) is 4.90 Å². The average molecular weight is 330 g/mol. The molecule has 1 atom stereocenters. The van der Waals surface area contributed by atoms with Crippen molar-refractivity contribution in [3.63, 3.8) is 0 Å². The van der Waals surface area contributed by atoms with Gasteiger partial charge in [0.1, 0.15) is 0 Å². The Labute approximate surface area is 142 Å². The van der Waals surface area contributed by atoms with Crippen LogP contribution in [0.15, 0.2) is 21.6 Å². The smallest absolute Gasteiger partial charge is 0.176 e. The van der Waals surface area contributed by atoms with Gasteiger partial charge in [-0.25, -0.2) is 0 Å². The topological polar surface area (TPSA) is 24.8 Å². The Morgan fingerprint density at radius 1 is 1.26 bits per heavy atom. The molecule has 2 fully saturated rings. The molecule has 0 bridgehead atoms. The van der Waals surface area contributed by atoms with Gasteiger partial charge >= 0.3 is 0 Å². The fourth-order valence-electron chi connectivity index (χ4n) is 5.25. The van der Waals surface area contributed by atoms with Crippen LogP contribution in [-0.4, -0.2) is 24.5 Å². The first-order chi connectivity index (χ1) is 11.2. The molecule has 4 heteroatoms. The summed E-state index contributed by atoms with van der Waals surface area (Å²) in [6.45, 7) is 6.41. The molecule has 0 aromatic heterocycles. The van der Waals surface area contributed by atoms with Gasteiger partial charge < -0.3 is 9.74 Å². The number of likely N-dealkylation sites (tertiary alicyclic amines) is 1. The lowest BCUT2D eigenvalue weighted by Gasteiger charge is -2.54. The van der Waals surface area contributed by atoms with Crippen LogP contribution in [0.2, 0.25) is 0 Å². The largest absolute Gasteiger partial charge is 0.349 e. The van der Waals surface area contributed by atoms with Crippen LogP contribution in [0.3, 0.4) is 0 Å². The van der Waals surface area contributed by atoms with Crippen LogP contribution < -0.4 is 4.84 Å². The molecule has 2 heterocycles. The van der Waals surface area contributed by atoms with Gasteiger partial charge in [0, 0.05) is 25.2 Å². The van der Waals surface area contributed by atoms with E-state index in [0.717, 1.165) is 29.1 Å². The molecule has 3 nitrogen and oxygen atoms in total. The number of nitrogens with zero attached hydrogens (tertiary/aromatic N) is 2. The molecule has 2 aliphatic heterocycles. The highest BCUT2D eigenvalue weighted by molar-refractivity contribution is 7.68. The normalized spacial score (nSPS) is 28.8. The summed E-state index contributed by atoms with van der Waals surface area (Å²) in [4.78, 5) is 9.51. The van der Waals surface area contributed by atoms with Gasteiger partial charge in [0.05, 0.1) is 4.90 Å². The first-order valence-electron chi connectivity index (χ1n) is 9.16. The van der Waals surface area contributed by atoms with Gasteiger partial charge in [0.25, 0.3) is 0 Å². The summed E-state index contributed by atoms with van der Waals surface area (Å²) in [5, 5.41) is 0. The number of hydrogen-bond donors (Lipinski definition) is 1. The van der Waals surface area contributed by atoms with E-state index in [1.807, 2.05) is 0 Å². The Kier molecular flexibility index (Phi) is 3.35. The summed E-state index contributed by atoms with van der Waals surface area (Å²) in [6.07, 6.45) is 8.26. The van der Waals surface area contributed by atoms with Crippen molar-refractivity contribution in [2.45, 2.75) is 50.3 Å². The third-order valence-corrected chi connectivity index (χ3v) is 7.32. The van der Waals surface area contributed by atoms with Crippen LogP contribution in [0, 0.1) is 17.3 Å². The van der Waals surface area contributed by atoms with Gasteiger partial charge in [-0.1, -0.05) is 30.4 Å². The number of rotatable bonds is 2. The molecular formula is C19H26N2OS. The highest BCUT2D eigenvalue weighted by atomic mass is 32.1. The molecule has 0 N–H and O–H groups in total. The third-order valence-electron chi connectivity index (χ3n) is 6.59. The molecule has 2 aliphatic carbocycles. The molecule has 4 aliphatic rings. The predicted molar refractivity (Wildman–Crippen MR) is 93.9 cm³/mol. The molecule has 1 aromatic carbocycles. The second-order valence-electron chi connectivity index (χ2n) is 8.45. The van der Waals surface area contributed by atoms with Gasteiger partial charge in [0.2, 0.25) is 0 Å². The van der Waals surface area contributed by atoms with Crippen LogP contribution in [-0.2, 0) is 24.4 Å². The lowest BCUT2D eigenvalue weighted by Crippen LogP contribution is -2.58. The van der Waals surface area contributed by atoms with Crippen molar-refractivity contribution in [2.75, 3.05) is 19.6 Å². The van der Waals surface area contributed by atoms with E-state index in [0.29, 0.717) is 5.41 Å². The summed E-state index contributed by atoms with van der Waals surface area (Å²) in [7, 11) is 0. The van der Waals surface area contributed by atoms with Gasteiger partial charge in [-0.05, 0) is 66.1 Å². The van der Waals surface area contributed by atoms with Gasteiger partial charge in [0.15, 0.2) is 5.75 Å². The van der Waals surface area contributed by atoms with Crippen LogP contribution >= 0.6 is 0 Å². The SMILES string of the molecule is CC1CCC2(CC1)CN(CC1Cc3ccc4c(c3C1)ON=[SH]4)C2. The van der Waals surface area contributed by atoms with E-state index in [1.54, 1.807) is 0 Å². The van der Waals surface area contributed by atoms with Crippen molar-refractivity contribution in [3.05, 3.63) is 23.3 Å². The Hall–Kier alpha value is -0.870. The summed E-state index contributed by atoms with van der Waals surface area (Å²) >= 11 is 0.982. The molecule has 1 aromatic rings. The summed E-state index contributed by atoms with van der Waals surface area (Å²) in [5.74, 6) is 2.82. The first-order valence-corrected chi connectivity index (χ1v) is 10.0. The summed E-state index contributed by atoms with van der Waals surface area (Å²) < 4.78 is 4.07. The van der Waals surface area contributed by atoms with Crippen LogP contribution in [0.4, 0.5) is 0 Å². The molecule has 124 valence electrons. The van der Waals surface area contributed by atoms with E-state index in [4.69, 9.17) is 4.84 Å². The maximum Gasteiger partial charge on any atom is 0.176 e. The second-order valence-corrected chi connectivity index (χ2v) is 9.30. The van der Waals surface area contributed by atoms with E-state index in [9.17, 15) is 0 Å². The highest BCUT2D eigenvalue weighted by Crippen LogP contribution is 2.46. The monoisotopic (exact) mass is 330 g/mol. The second kappa shape index (κ2) is 5.32. The number of hydrogen-bond acceptors (Lipinski definition) is 3. The summed E-state index contributed by atoms with van der Waals surface area (Å²) in [5.41, 5.74) is 3.64. The van der Waals surface area contributed by atoms with Gasteiger partial charge in [-0.3, -0.25) is 0 Å². The van der Waals surface area contributed by atoms with Crippen molar-refractivity contribution in [2.24, 2.45) is 21.8 Å². The number of thiol groups is 1. The molecule has 1 spiro atoms. The lowest BCUT2D eigenvalue weighted by molar-refractivity contribution is -0.0434.